The summed E-state index contributed by atoms with van der Waals surface area (Å²) in [6, 6.07) is 18.0. The fourth-order valence-electron chi connectivity index (χ4n) is 5.53. The maximum absolute atomic E-state index is 2.48. The van der Waals surface area contributed by atoms with E-state index < -0.39 is 0 Å². The van der Waals surface area contributed by atoms with Gasteiger partial charge in [0.05, 0.1) is 0 Å². The zero-order chi connectivity index (χ0) is 17.4. The summed E-state index contributed by atoms with van der Waals surface area (Å²) in [7, 11) is 0. The lowest BCUT2D eigenvalue weighted by molar-refractivity contribution is 0.0373. The minimum absolute atomic E-state index is 0.182. The molecule has 5 rings (SSSR count). The average molecular weight is 322 g/mol. The highest BCUT2D eigenvalue weighted by molar-refractivity contribution is 5.65. The van der Waals surface area contributed by atoms with E-state index in [0.29, 0.717) is 0 Å². The van der Waals surface area contributed by atoms with Crippen LogP contribution in [0.2, 0.25) is 0 Å². The Morgan fingerprint density at radius 2 is 0.958 bits per heavy atom. The van der Waals surface area contributed by atoms with Crippen LogP contribution in [0.15, 0.2) is 48.5 Å². The number of para-hydroxylation sites is 2. The molecule has 0 N–H and O–H groups in total. The summed E-state index contributed by atoms with van der Waals surface area (Å²) in [4.78, 5) is 0. The van der Waals surface area contributed by atoms with E-state index in [-0.39, 0.29) is 11.1 Å². The number of quaternary nitrogens is 2. The minimum Gasteiger partial charge on any atom is -0.188 e. The third kappa shape index (κ3) is 1.50. The first-order chi connectivity index (χ1) is 11.2. The van der Waals surface area contributed by atoms with Gasteiger partial charge in [-0.3, -0.25) is 0 Å². The van der Waals surface area contributed by atoms with Crippen molar-refractivity contribution in [2.75, 3.05) is 13.3 Å². The summed E-state index contributed by atoms with van der Waals surface area (Å²) < 4.78 is 2.20. The van der Waals surface area contributed by atoms with E-state index in [1.165, 1.54) is 22.5 Å². The average Bonchev–Trinajstić information content (AvgIpc) is 2.70. The molecule has 3 fully saturated rings. The van der Waals surface area contributed by atoms with Gasteiger partial charge in [-0.05, 0) is 53.7 Å². The van der Waals surface area contributed by atoms with Crippen LogP contribution in [-0.2, 0) is 0 Å². The second-order valence-electron chi connectivity index (χ2n) is 8.91. The van der Waals surface area contributed by atoms with Crippen LogP contribution in [0.5, 0.6) is 0 Å². The molecule has 2 heteroatoms. The van der Waals surface area contributed by atoms with Crippen LogP contribution in [0, 0.1) is 13.8 Å². The number of nitrogens with zero attached hydrogens (tertiary/aromatic N) is 2. The van der Waals surface area contributed by atoms with Gasteiger partial charge < -0.3 is 0 Å². The molecule has 0 unspecified atom stereocenters. The van der Waals surface area contributed by atoms with Gasteiger partial charge in [-0.2, -0.15) is 8.97 Å². The smallest absolute Gasteiger partial charge is 0.188 e. The topological polar surface area (TPSA) is 0 Å². The zero-order valence-electron chi connectivity index (χ0n) is 15.9. The Labute approximate surface area is 146 Å². The molecule has 2 nitrogen and oxygen atoms in total. The predicted octanol–water partition coefficient (Wildman–Crippen LogP) is 5.12. The molecular weight excluding hydrogens is 292 g/mol. The van der Waals surface area contributed by atoms with E-state index in [0.717, 1.165) is 22.3 Å². The maximum Gasteiger partial charge on any atom is 0.227 e. The number of aryl methyl sites for hydroxylation is 2. The zero-order valence-corrected chi connectivity index (χ0v) is 15.9. The molecule has 3 heterocycles. The normalized spacial score (nSPS) is 32.4. The maximum atomic E-state index is 2.48. The molecule has 126 valence electrons. The van der Waals surface area contributed by atoms with Crippen molar-refractivity contribution in [3.8, 4) is 0 Å². The van der Waals surface area contributed by atoms with Crippen LogP contribution in [0.1, 0.15) is 38.8 Å². The number of hydrogen-bond donors (Lipinski definition) is 0. The minimum atomic E-state index is 0.182. The van der Waals surface area contributed by atoms with Gasteiger partial charge in [0.1, 0.15) is 11.4 Å². The van der Waals surface area contributed by atoms with Gasteiger partial charge in [0.2, 0.25) is 13.3 Å². The molecule has 0 aliphatic carbocycles. The first-order valence-corrected chi connectivity index (χ1v) is 9.06. The Hall–Kier alpha value is -1.64. The van der Waals surface area contributed by atoms with Gasteiger partial charge in [0.15, 0.2) is 11.1 Å². The molecule has 0 spiro atoms. The van der Waals surface area contributed by atoms with E-state index in [1.807, 2.05) is 0 Å². The quantitative estimate of drug-likeness (QED) is 0.673. The summed E-state index contributed by atoms with van der Waals surface area (Å²) in [5.41, 5.74) is 6.23. The highest BCUT2D eigenvalue weighted by atomic mass is 15.8. The van der Waals surface area contributed by atoms with Gasteiger partial charge in [0.25, 0.3) is 0 Å². The molecule has 0 radical (unpaired) electrons. The van der Waals surface area contributed by atoms with Crippen LogP contribution in [0.4, 0.5) is 11.4 Å². The molecule has 2 bridgehead atoms. The predicted molar refractivity (Wildman–Crippen MR) is 104 cm³/mol. The van der Waals surface area contributed by atoms with E-state index >= 15 is 0 Å². The fourth-order valence-corrected chi connectivity index (χ4v) is 5.53. The van der Waals surface area contributed by atoms with Gasteiger partial charge in [-0.1, -0.05) is 36.4 Å². The molecule has 0 aromatic heterocycles. The first-order valence-electron chi connectivity index (χ1n) is 9.06. The Bertz CT molecular complexity index is 743. The summed E-state index contributed by atoms with van der Waals surface area (Å²) in [5.74, 6) is 0. The van der Waals surface area contributed by atoms with Crippen LogP contribution < -0.4 is 8.97 Å². The standard InChI is InChI=1S/C22H30N2/c1-17-11-7-9-13-19(17)23-15-24(16-23,22(5,6)21(23,3)4)20-14-10-8-12-18(20)2/h7-14H,15-16H2,1-6H3/q+2. The molecule has 3 aliphatic heterocycles. The summed E-state index contributed by atoms with van der Waals surface area (Å²) >= 11 is 0. The van der Waals surface area contributed by atoms with Crippen molar-refractivity contribution in [1.82, 2.24) is 8.97 Å². The molecule has 3 saturated heterocycles. The van der Waals surface area contributed by atoms with Gasteiger partial charge in [0, 0.05) is 11.1 Å². The van der Waals surface area contributed by atoms with Gasteiger partial charge in [-0.25, -0.2) is 0 Å². The molecule has 24 heavy (non-hydrogen) atoms. The van der Waals surface area contributed by atoms with Crippen molar-refractivity contribution < 1.29 is 0 Å². The van der Waals surface area contributed by atoms with Crippen LogP contribution in [0.25, 0.3) is 0 Å². The number of rotatable bonds is 2. The molecule has 2 aromatic carbocycles. The lowest BCUT2D eigenvalue weighted by Crippen LogP contribution is -2.76. The number of fused-ring (bicyclic) bond motifs is 1. The van der Waals surface area contributed by atoms with Gasteiger partial charge >= 0.3 is 0 Å². The molecule has 2 aromatic rings. The first kappa shape index (κ1) is 15.9. The van der Waals surface area contributed by atoms with Crippen LogP contribution in [-0.4, -0.2) is 24.4 Å². The Balaban J connectivity index is 1.93. The van der Waals surface area contributed by atoms with E-state index in [4.69, 9.17) is 0 Å². The van der Waals surface area contributed by atoms with Crippen LogP contribution >= 0.6 is 0 Å². The monoisotopic (exact) mass is 322 g/mol. The van der Waals surface area contributed by atoms with Crippen molar-refractivity contribution in [1.29, 1.82) is 0 Å². The molecule has 3 aliphatic rings. The second-order valence-corrected chi connectivity index (χ2v) is 8.91. The SMILES string of the molecule is Cc1ccccc1[N+]12C[N+](c3ccccc3C)(C1)C(C)(C)C2(C)C. The second kappa shape index (κ2) is 4.50. The molecule has 0 amide bonds. The van der Waals surface area contributed by atoms with E-state index in [2.05, 4.69) is 90.1 Å². The third-order valence-corrected chi connectivity index (χ3v) is 7.76. The van der Waals surface area contributed by atoms with Crippen molar-refractivity contribution in [3.63, 3.8) is 0 Å². The van der Waals surface area contributed by atoms with E-state index in [1.54, 1.807) is 0 Å². The number of benzene rings is 2. The lowest BCUT2D eigenvalue weighted by atomic mass is 9.81. The summed E-state index contributed by atoms with van der Waals surface area (Å²) in [5, 5.41) is 0. The highest BCUT2D eigenvalue weighted by Gasteiger charge is 2.85. The Morgan fingerprint density at radius 1 is 0.625 bits per heavy atom. The van der Waals surface area contributed by atoms with Crippen LogP contribution in [0.3, 0.4) is 0 Å². The Kier molecular flexibility index (Phi) is 2.97. The fraction of sp³-hybridized carbons (Fsp3) is 0.455. The van der Waals surface area contributed by atoms with E-state index in [9.17, 15) is 0 Å². The van der Waals surface area contributed by atoms with Crippen molar-refractivity contribution >= 4 is 11.4 Å². The molecule has 0 atom stereocenters. The van der Waals surface area contributed by atoms with Crippen molar-refractivity contribution in [2.45, 2.75) is 52.6 Å². The molecule has 0 saturated carbocycles. The Morgan fingerprint density at radius 3 is 1.29 bits per heavy atom. The largest absolute Gasteiger partial charge is 0.227 e. The molecular formula is C22H30N2+2. The summed E-state index contributed by atoms with van der Waals surface area (Å²) in [6.45, 7) is 16.8. The highest BCUT2D eigenvalue weighted by Crippen LogP contribution is 2.63. The van der Waals surface area contributed by atoms with Crippen molar-refractivity contribution in [2.24, 2.45) is 0 Å². The number of hydrogen-bond acceptors (Lipinski definition) is 0. The lowest BCUT2D eigenvalue weighted by Gasteiger charge is -2.51. The van der Waals surface area contributed by atoms with Crippen molar-refractivity contribution in [3.05, 3.63) is 59.7 Å². The summed E-state index contributed by atoms with van der Waals surface area (Å²) in [6.07, 6.45) is 0. The van der Waals surface area contributed by atoms with Gasteiger partial charge in [-0.15, -0.1) is 0 Å². The third-order valence-electron chi connectivity index (χ3n) is 7.76.